The maximum absolute atomic E-state index is 5.44. The molecule has 3 nitrogen and oxygen atoms in total. The largest absolute Gasteiger partial charge is 0.493 e. The van der Waals surface area contributed by atoms with Crippen LogP contribution < -0.4 is 10.1 Å². The van der Waals surface area contributed by atoms with Gasteiger partial charge in [0.1, 0.15) is 0 Å². The number of fused-ring (bicyclic) bond motifs is 1. The van der Waals surface area contributed by atoms with E-state index < -0.39 is 0 Å². The van der Waals surface area contributed by atoms with Gasteiger partial charge < -0.3 is 14.5 Å². The molecule has 3 heteroatoms. The van der Waals surface area contributed by atoms with Gasteiger partial charge in [0.2, 0.25) is 0 Å². The Labute approximate surface area is 107 Å². The van der Waals surface area contributed by atoms with Crippen molar-refractivity contribution in [2.75, 3.05) is 13.7 Å². The van der Waals surface area contributed by atoms with Crippen LogP contribution >= 0.6 is 0 Å². The fraction of sp³-hybridized carbons (Fsp3) is 0.467. The van der Waals surface area contributed by atoms with E-state index in [1.807, 2.05) is 6.07 Å². The van der Waals surface area contributed by atoms with E-state index >= 15 is 0 Å². The summed E-state index contributed by atoms with van der Waals surface area (Å²) < 4.78 is 10.8. The van der Waals surface area contributed by atoms with Gasteiger partial charge in [0.15, 0.2) is 11.3 Å². The van der Waals surface area contributed by atoms with Gasteiger partial charge in [-0.1, -0.05) is 6.42 Å². The van der Waals surface area contributed by atoms with Gasteiger partial charge in [-0.05, 0) is 49.6 Å². The van der Waals surface area contributed by atoms with Crippen LogP contribution in [0.4, 0.5) is 0 Å². The lowest BCUT2D eigenvalue weighted by Crippen LogP contribution is -2.35. The number of furan rings is 1. The van der Waals surface area contributed by atoms with Crippen LogP contribution in [0.15, 0.2) is 28.9 Å². The molecule has 2 aromatic rings. The first-order valence-electron chi connectivity index (χ1n) is 6.64. The van der Waals surface area contributed by atoms with Crippen LogP contribution in [0.2, 0.25) is 0 Å². The molecule has 0 amide bonds. The molecule has 1 aliphatic rings. The molecule has 1 N–H and O–H groups in total. The topological polar surface area (TPSA) is 34.4 Å². The minimum atomic E-state index is 0.604. The number of methoxy groups -OCH3 is 1. The second-order valence-electron chi connectivity index (χ2n) is 4.99. The van der Waals surface area contributed by atoms with E-state index in [1.54, 1.807) is 13.4 Å². The first kappa shape index (κ1) is 11.6. The van der Waals surface area contributed by atoms with Gasteiger partial charge in [-0.2, -0.15) is 0 Å². The van der Waals surface area contributed by atoms with Crippen molar-refractivity contribution in [3.05, 3.63) is 30.0 Å². The summed E-state index contributed by atoms with van der Waals surface area (Å²) in [5, 5.41) is 4.71. The number of rotatable bonds is 3. The van der Waals surface area contributed by atoms with Gasteiger partial charge in [0.25, 0.3) is 0 Å². The highest BCUT2D eigenvalue weighted by Crippen LogP contribution is 2.29. The molecule has 1 aromatic carbocycles. The molecule has 3 rings (SSSR count). The average molecular weight is 245 g/mol. The Balaban J connectivity index is 1.86. The molecule has 0 spiro atoms. The lowest BCUT2D eigenvalue weighted by atomic mass is 9.97. The molecule has 96 valence electrons. The fourth-order valence-electron chi connectivity index (χ4n) is 2.76. The zero-order chi connectivity index (χ0) is 12.4. The third-order valence-corrected chi connectivity index (χ3v) is 3.69. The van der Waals surface area contributed by atoms with E-state index in [0.29, 0.717) is 6.04 Å². The maximum Gasteiger partial charge on any atom is 0.175 e. The summed E-state index contributed by atoms with van der Waals surface area (Å²) in [4.78, 5) is 0. The zero-order valence-electron chi connectivity index (χ0n) is 10.7. The molecule has 1 aliphatic heterocycles. The van der Waals surface area contributed by atoms with Crippen molar-refractivity contribution in [3.8, 4) is 5.75 Å². The SMILES string of the molecule is COc1cc(CC2CCCCN2)cc2ccoc12. The first-order valence-corrected chi connectivity index (χ1v) is 6.64. The first-order chi connectivity index (χ1) is 8.86. The number of nitrogens with one attached hydrogen (secondary N) is 1. The van der Waals surface area contributed by atoms with Crippen molar-refractivity contribution in [2.45, 2.75) is 31.7 Å². The smallest absolute Gasteiger partial charge is 0.175 e. The lowest BCUT2D eigenvalue weighted by Gasteiger charge is -2.23. The Morgan fingerprint density at radius 3 is 3.11 bits per heavy atom. The highest BCUT2D eigenvalue weighted by Gasteiger charge is 2.15. The lowest BCUT2D eigenvalue weighted by molar-refractivity contribution is 0.395. The van der Waals surface area contributed by atoms with E-state index in [0.717, 1.165) is 29.7 Å². The van der Waals surface area contributed by atoms with Gasteiger partial charge in [-0.15, -0.1) is 0 Å². The fourth-order valence-corrected chi connectivity index (χ4v) is 2.76. The van der Waals surface area contributed by atoms with Crippen molar-refractivity contribution in [2.24, 2.45) is 0 Å². The normalized spacial score (nSPS) is 20.2. The molecular weight excluding hydrogens is 226 g/mol. The highest BCUT2D eigenvalue weighted by molar-refractivity contribution is 5.83. The number of ether oxygens (including phenoxy) is 1. The molecule has 0 radical (unpaired) electrons. The third kappa shape index (κ3) is 2.23. The van der Waals surface area contributed by atoms with Crippen LogP contribution in [0.25, 0.3) is 11.0 Å². The molecule has 0 aliphatic carbocycles. The van der Waals surface area contributed by atoms with Crippen LogP contribution in [0, 0.1) is 0 Å². The van der Waals surface area contributed by atoms with Crippen LogP contribution in [-0.4, -0.2) is 19.7 Å². The predicted molar refractivity (Wildman–Crippen MR) is 72.1 cm³/mol. The van der Waals surface area contributed by atoms with Crippen molar-refractivity contribution in [1.82, 2.24) is 5.32 Å². The second kappa shape index (κ2) is 5.02. The van der Waals surface area contributed by atoms with Gasteiger partial charge in [-0.3, -0.25) is 0 Å². The molecule has 18 heavy (non-hydrogen) atoms. The van der Waals surface area contributed by atoms with Crippen LogP contribution in [0.5, 0.6) is 5.75 Å². The predicted octanol–water partition coefficient (Wildman–Crippen LogP) is 3.13. The summed E-state index contributed by atoms with van der Waals surface area (Å²) in [6.45, 7) is 1.15. The van der Waals surface area contributed by atoms with Gasteiger partial charge in [0, 0.05) is 11.4 Å². The van der Waals surface area contributed by atoms with Crippen LogP contribution in [0.1, 0.15) is 24.8 Å². The molecule has 1 aromatic heterocycles. The highest BCUT2D eigenvalue weighted by atomic mass is 16.5. The average Bonchev–Trinajstić information content (AvgIpc) is 2.87. The summed E-state index contributed by atoms with van der Waals surface area (Å²) in [6.07, 6.45) is 6.70. The Morgan fingerprint density at radius 2 is 2.33 bits per heavy atom. The molecule has 1 saturated heterocycles. The van der Waals surface area contributed by atoms with E-state index in [-0.39, 0.29) is 0 Å². The molecule has 2 heterocycles. The summed E-state index contributed by atoms with van der Waals surface area (Å²) in [6, 6.07) is 6.91. The van der Waals surface area contributed by atoms with Crippen LogP contribution in [-0.2, 0) is 6.42 Å². The van der Waals surface area contributed by atoms with Crippen LogP contribution in [0.3, 0.4) is 0 Å². The molecule has 0 saturated carbocycles. The van der Waals surface area contributed by atoms with E-state index in [2.05, 4.69) is 17.4 Å². The van der Waals surface area contributed by atoms with Crippen molar-refractivity contribution in [1.29, 1.82) is 0 Å². The Bertz CT molecular complexity index is 526. The van der Waals surface area contributed by atoms with Gasteiger partial charge in [-0.25, -0.2) is 0 Å². The number of hydrogen-bond acceptors (Lipinski definition) is 3. The Morgan fingerprint density at radius 1 is 1.39 bits per heavy atom. The third-order valence-electron chi connectivity index (χ3n) is 3.69. The van der Waals surface area contributed by atoms with E-state index in [1.165, 1.54) is 24.8 Å². The quantitative estimate of drug-likeness (QED) is 0.902. The maximum atomic E-state index is 5.44. The molecule has 0 bridgehead atoms. The van der Waals surface area contributed by atoms with E-state index in [4.69, 9.17) is 9.15 Å². The summed E-state index contributed by atoms with van der Waals surface area (Å²) in [5.74, 6) is 0.836. The Hall–Kier alpha value is -1.48. The Kier molecular flexibility index (Phi) is 3.24. The number of piperidine rings is 1. The number of hydrogen-bond donors (Lipinski definition) is 1. The molecule has 1 fully saturated rings. The van der Waals surface area contributed by atoms with E-state index in [9.17, 15) is 0 Å². The molecule has 1 unspecified atom stereocenters. The second-order valence-corrected chi connectivity index (χ2v) is 4.99. The van der Waals surface area contributed by atoms with Gasteiger partial charge in [0.05, 0.1) is 13.4 Å². The standard InChI is InChI=1S/C15H19NO2/c1-17-14-10-11(8-12-5-7-18-15(12)14)9-13-4-2-3-6-16-13/h5,7-8,10,13,16H,2-4,6,9H2,1H3. The van der Waals surface area contributed by atoms with Crippen molar-refractivity contribution < 1.29 is 9.15 Å². The summed E-state index contributed by atoms with van der Waals surface area (Å²) in [5.41, 5.74) is 2.16. The van der Waals surface area contributed by atoms with Gasteiger partial charge >= 0.3 is 0 Å². The molecule has 1 atom stereocenters. The zero-order valence-corrected chi connectivity index (χ0v) is 10.7. The summed E-state index contributed by atoms with van der Waals surface area (Å²) >= 11 is 0. The molecular formula is C15H19NO2. The number of benzene rings is 1. The monoisotopic (exact) mass is 245 g/mol. The minimum absolute atomic E-state index is 0.604. The summed E-state index contributed by atoms with van der Waals surface area (Å²) in [7, 11) is 1.69. The van der Waals surface area contributed by atoms with Crippen molar-refractivity contribution in [3.63, 3.8) is 0 Å². The minimum Gasteiger partial charge on any atom is -0.493 e. The van der Waals surface area contributed by atoms with Crippen molar-refractivity contribution >= 4 is 11.0 Å².